The first-order valence-corrected chi connectivity index (χ1v) is 6.95. The minimum absolute atomic E-state index is 0.0413. The minimum Gasteiger partial charge on any atom is -0.454 e. The lowest BCUT2D eigenvalue weighted by Crippen LogP contribution is -2.50. The van der Waals surface area contributed by atoms with Gasteiger partial charge in [-0.1, -0.05) is 11.6 Å². The van der Waals surface area contributed by atoms with Crippen LogP contribution in [0.3, 0.4) is 0 Å². The number of carbonyl (C=O) groups is 1. The van der Waals surface area contributed by atoms with Gasteiger partial charge < -0.3 is 19.1 Å². The Balaban J connectivity index is 1.89. The molecule has 0 aliphatic carbocycles. The van der Waals surface area contributed by atoms with Crippen LogP contribution in [0.5, 0.6) is 11.5 Å². The molecule has 2 aliphatic rings. The number of amides is 1. The Morgan fingerprint density at radius 2 is 2.15 bits per heavy atom. The van der Waals surface area contributed by atoms with Gasteiger partial charge in [-0.05, 0) is 26.0 Å². The highest BCUT2D eigenvalue weighted by Gasteiger charge is 2.30. The molecule has 0 spiro atoms. The van der Waals surface area contributed by atoms with Gasteiger partial charge in [0.2, 0.25) is 6.79 Å². The third-order valence-electron chi connectivity index (χ3n) is 3.54. The summed E-state index contributed by atoms with van der Waals surface area (Å²) in [5, 5.41) is 0.400. The highest BCUT2D eigenvalue weighted by molar-refractivity contribution is 6.32. The van der Waals surface area contributed by atoms with Crippen molar-refractivity contribution in [2.75, 3.05) is 19.9 Å². The van der Waals surface area contributed by atoms with E-state index in [2.05, 4.69) is 0 Å². The number of halogens is 1. The average Bonchev–Trinajstić information content (AvgIpc) is 2.89. The van der Waals surface area contributed by atoms with Gasteiger partial charge in [0.1, 0.15) is 0 Å². The molecule has 2 unspecified atom stereocenters. The van der Waals surface area contributed by atoms with E-state index in [9.17, 15) is 4.79 Å². The maximum absolute atomic E-state index is 12.6. The normalized spacial score (nSPS) is 24.9. The number of rotatable bonds is 1. The van der Waals surface area contributed by atoms with E-state index >= 15 is 0 Å². The Morgan fingerprint density at radius 3 is 2.95 bits per heavy atom. The molecule has 1 aromatic rings. The number of fused-ring (bicyclic) bond motifs is 1. The van der Waals surface area contributed by atoms with Crippen LogP contribution >= 0.6 is 11.6 Å². The summed E-state index contributed by atoms with van der Waals surface area (Å²) in [6.45, 7) is 5.19. The number of carbonyl (C=O) groups excluding carboxylic acids is 1. The van der Waals surface area contributed by atoms with Crippen LogP contribution < -0.4 is 9.47 Å². The molecule has 20 heavy (non-hydrogen) atoms. The molecule has 0 radical (unpaired) electrons. The van der Waals surface area contributed by atoms with Crippen LogP contribution in [0.4, 0.5) is 0 Å². The first kappa shape index (κ1) is 13.5. The van der Waals surface area contributed by atoms with Crippen molar-refractivity contribution in [3.63, 3.8) is 0 Å². The van der Waals surface area contributed by atoms with E-state index in [1.165, 1.54) is 0 Å². The van der Waals surface area contributed by atoms with Crippen molar-refractivity contribution in [2.24, 2.45) is 0 Å². The first-order valence-electron chi connectivity index (χ1n) is 6.58. The highest BCUT2D eigenvalue weighted by Crippen LogP contribution is 2.40. The summed E-state index contributed by atoms with van der Waals surface area (Å²) in [4.78, 5) is 14.4. The molecule has 1 amide bonds. The standard InChI is InChI=1S/C14H16ClNO4/c1-8-6-18-9(2)5-16(8)14(17)10-3-11(15)13-12(4-10)19-7-20-13/h3-4,8-9H,5-7H2,1-2H3. The third kappa shape index (κ3) is 2.31. The van der Waals surface area contributed by atoms with Crippen molar-refractivity contribution in [3.8, 4) is 11.5 Å². The van der Waals surface area contributed by atoms with Gasteiger partial charge in [0.25, 0.3) is 5.91 Å². The van der Waals surface area contributed by atoms with Crippen molar-refractivity contribution >= 4 is 17.5 Å². The van der Waals surface area contributed by atoms with E-state index in [0.29, 0.717) is 35.2 Å². The number of morpholine rings is 1. The number of hydrogen-bond donors (Lipinski definition) is 0. The zero-order valence-electron chi connectivity index (χ0n) is 11.4. The Labute approximate surface area is 122 Å². The highest BCUT2D eigenvalue weighted by atomic mass is 35.5. The predicted molar refractivity (Wildman–Crippen MR) is 73.5 cm³/mol. The lowest BCUT2D eigenvalue weighted by atomic mass is 10.1. The quantitative estimate of drug-likeness (QED) is 0.798. The van der Waals surface area contributed by atoms with Gasteiger partial charge in [-0.25, -0.2) is 0 Å². The summed E-state index contributed by atoms with van der Waals surface area (Å²) < 4.78 is 16.1. The molecule has 6 heteroatoms. The second kappa shape index (κ2) is 5.14. The van der Waals surface area contributed by atoms with Crippen LogP contribution in [0, 0.1) is 0 Å². The fourth-order valence-corrected chi connectivity index (χ4v) is 2.71. The van der Waals surface area contributed by atoms with Gasteiger partial charge in [0.05, 0.1) is 23.8 Å². The van der Waals surface area contributed by atoms with E-state index in [1.807, 2.05) is 18.7 Å². The smallest absolute Gasteiger partial charge is 0.254 e. The fourth-order valence-electron chi connectivity index (χ4n) is 2.44. The van der Waals surface area contributed by atoms with Gasteiger partial charge in [-0.3, -0.25) is 4.79 Å². The lowest BCUT2D eigenvalue weighted by molar-refractivity contribution is -0.0387. The Kier molecular flexibility index (Phi) is 3.48. The summed E-state index contributed by atoms with van der Waals surface area (Å²) in [5.74, 6) is 0.967. The predicted octanol–water partition coefficient (Wildman–Crippen LogP) is 2.32. The second-order valence-electron chi connectivity index (χ2n) is 5.14. The van der Waals surface area contributed by atoms with Crippen LogP contribution in [-0.2, 0) is 4.74 Å². The Morgan fingerprint density at radius 1 is 1.35 bits per heavy atom. The molecule has 108 valence electrons. The molecule has 0 aromatic heterocycles. The molecule has 3 rings (SSSR count). The van der Waals surface area contributed by atoms with Gasteiger partial charge in [0.15, 0.2) is 11.5 Å². The van der Waals surface area contributed by atoms with Crippen molar-refractivity contribution in [2.45, 2.75) is 26.0 Å². The van der Waals surface area contributed by atoms with E-state index in [-0.39, 0.29) is 24.8 Å². The molecular weight excluding hydrogens is 282 g/mol. The second-order valence-corrected chi connectivity index (χ2v) is 5.55. The van der Waals surface area contributed by atoms with Gasteiger partial charge in [-0.15, -0.1) is 0 Å². The Bertz CT molecular complexity index is 548. The third-order valence-corrected chi connectivity index (χ3v) is 3.82. The number of ether oxygens (including phenoxy) is 3. The van der Waals surface area contributed by atoms with E-state index in [1.54, 1.807) is 12.1 Å². The van der Waals surface area contributed by atoms with Gasteiger partial charge in [-0.2, -0.15) is 0 Å². The van der Waals surface area contributed by atoms with Crippen molar-refractivity contribution < 1.29 is 19.0 Å². The first-order chi connectivity index (χ1) is 9.56. The molecule has 5 nitrogen and oxygen atoms in total. The Hall–Kier alpha value is -1.46. The molecule has 0 N–H and O–H groups in total. The average molecular weight is 298 g/mol. The van der Waals surface area contributed by atoms with Crippen LogP contribution in [0.25, 0.3) is 0 Å². The summed E-state index contributed by atoms with van der Waals surface area (Å²) >= 11 is 6.12. The SMILES string of the molecule is CC1CN(C(=O)c2cc(Cl)c3c(c2)OCO3)C(C)CO1. The molecule has 0 saturated carbocycles. The molecular formula is C14H16ClNO4. The monoisotopic (exact) mass is 297 g/mol. The van der Waals surface area contributed by atoms with Crippen molar-refractivity contribution in [1.29, 1.82) is 0 Å². The zero-order valence-corrected chi connectivity index (χ0v) is 12.1. The van der Waals surface area contributed by atoms with Crippen LogP contribution in [-0.4, -0.2) is 42.9 Å². The minimum atomic E-state index is -0.0622. The number of nitrogens with zero attached hydrogens (tertiary/aromatic N) is 1. The van der Waals surface area contributed by atoms with E-state index < -0.39 is 0 Å². The molecule has 1 aromatic carbocycles. The summed E-state index contributed by atoms with van der Waals surface area (Å²) in [6.07, 6.45) is 0.0413. The van der Waals surface area contributed by atoms with Crippen LogP contribution in [0.15, 0.2) is 12.1 Å². The van der Waals surface area contributed by atoms with Crippen molar-refractivity contribution in [3.05, 3.63) is 22.7 Å². The summed E-state index contributed by atoms with van der Waals surface area (Å²) in [6, 6.07) is 3.36. The maximum Gasteiger partial charge on any atom is 0.254 e. The maximum atomic E-state index is 12.6. The van der Waals surface area contributed by atoms with Crippen LogP contribution in [0.2, 0.25) is 5.02 Å². The summed E-state index contributed by atoms with van der Waals surface area (Å²) in [7, 11) is 0. The topological polar surface area (TPSA) is 48.0 Å². The number of hydrogen-bond acceptors (Lipinski definition) is 4. The molecule has 0 bridgehead atoms. The largest absolute Gasteiger partial charge is 0.454 e. The fraction of sp³-hybridized carbons (Fsp3) is 0.500. The van der Waals surface area contributed by atoms with Gasteiger partial charge >= 0.3 is 0 Å². The van der Waals surface area contributed by atoms with Gasteiger partial charge in [0, 0.05) is 12.1 Å². The lowest BCUT2D eigenvalue weighted by Gasteiger charge is -2.36. The van der Waals surface area contributed by atoms with E-state index in [4.69, 9.17) is 25.8 Å². The zero-order chi connectivity index (χ0) is 14.3. The molecule has 2 heterocycles. The number of benzene rings is 1. The summed E-state index contributed by atoms with van der Waals surface area (Å²) in [5.41, 5.74) is 0.514. The van der Waals surface area contributed by atoms with E-state index in [0.717, 1.165) is 0 Å². The molecule has 1 fully saturated rings. The molecule has 2 aliphatic heterocycles. The molecule has 1 saturated heterocycles. The van der Waals surface area contributed by atoms with Crippen molar-refractivity contribution in [1.82, 2.24) is 4.90 Å². The molecule has 2 atom stereocenters. The van der Waals surface area contributed by atoms with Crippen LogP contribution in [0.1, 0.15) is 24.2 Å².